The highest BCUT2D eigenvalue weighted by Crippen LogP contribution is 2.15. The van der Waals surface area contributed by atoms with Gasteiger partial charge in [-0.1, -0.05) is 60.1 Å². The highest BCUT2D eigenvalue weighted by Gasteiger charge is 2.12. The Morgan fingerprint density at radius 3 is 2.41 bits per heavy atom. The Bertz CT molecular complexity index is 1130. The normalized spacial score (nSPS) is 11.6. The van der Waals surface area contributed by atoms with Gasteiger partial charge in [0.1, 0.15) is 0 Å². The minimum Gasteiger partial charge on any atom is -0.346 e. The topological polar surface area (TPSA) is 70.2 Å². The summed E-state index contributed by atoms with van der Waals surface area (Å²) in [6.45, 7) is 1.93. The molecule has 0 fully saturated rings. The Hall–Kier alpha value is -3.48. The summed E-state index contributed by atoms with van der Waals surface area (Å²) in [5.41, 5.74) is 2.93. The van der Waals surface area contributed by atoms with Gasteiger partial charge in [-0.05, 0) is 66.7 Å². The van der Waals surface area contributed by atoms with Gasteiger partial charge in [0.2, 0.25) is 5.91 Å². The molecule has 0 heterocycles. The molecule has 0 saturated carbocycles. The Labute approximate surface area is 197 Å². The van der Waals surface area contributed by atoms with Crippen LogP contribution < -0.4 is 16.0 Å². The molecule has 0 radical (unpaired) electrons. The fourth-order valence-corrected chi connectivity index (χ4v) is 3.25. The van der Waals surface area contributed by atoms with Gasteiger partial charge in [0.15, 0.2) is 5.11 Å². The molecule has 162 valence electrons. The first-order valence-electron chi connectivity index (χ1n) is 9.92. The molecule has 0 aliphatic rings. The van der Waals surface area contributed by atoms with Crippen molar-refractivity contribution in [3.05, 3.63) is 107 Å². The lowest BCUT2D eigenvalue weighted by Gasteiger charge is -2.15. The lowest BCUT2D eigenvalue weighted by Crippen LogP contribution is -2.33. The molecule has 0 aromatic heterocycles. The summed E-state index contributed by atoms with van der Waals surface area (Å²) in [6, 6.07) is 23.6. The van der Waals surface area contributed by atoms with Gasteiger partial charge in [0.05, 0.1) is 6.04 Å². The first kappa shape index (κ1) is 23.2. The average molecular weight is 464 g/mol. The van der Waals surface area contributed by atoms with E-state index in [-0.39, 0.29) is 23.0 Å². The molecule has 0 aliphatic carbocycles. The van der Waals surface area contributed by atoms with Crippen LogP contribution in [0.25, 0.3) is 6.08 Å². The molecule has 0 bridgehead atoms. The van der Waals surface area contributed by atoms with Crippen LogP contribution in [0.3, 0.4) is 0 Å². The molecular weight excluding hydrogens is 442 g/mol. The molecule has 3 rings (SSSR count). The van der Waals surface area contributed by atoms with Crippen molar-refractivity contribution in [3.63, 3.8) is 0 Å². The highest BCUT2D eigenvalue weighted by molar-refractivity contribution is 7.80. The molecule has 5 nitrogen and oxygen atoms in total. The maximum atomic E-state index is 12.6. The molecule has 0 aliphatic heterocycles. The summed E-state index contributed by atoms with van der Waals surface area (Å²) in [4.78, 5) is 24.7. The van der Waals surface area contributed by atoms with Crippen molar-refractivity contribution in [1.82, 2.24) is 10.6 Å². The van der Waals surface area contributed by atoms with Crippen molar-refractivity contribution in [2.24, 2.45) is 0 Å². The number of nitrogens with one attached hydrogen (secondary N) is 3. The van der Waals surface area contributed by atoms with Crippen LogP contribution >= 0.6 is 23.8 Å². The third-order valence-corrected chi connectivity index (χ3v) is 5.02. The molecule has 1 atom stereocenters. The van der Waals surface area contributed by atoms with Crippen LogP contribution in [-0.4, -0.2) is 16.9 Å². The number of benzene rings is 3. The van der Waals surface area contributed by atoms with Gasteiger partial charge in [0, 0.05) is 22.3 Å². The minimum absolute atomic E-state index is 0.131. The summed E-state index contributed by atoms with van der Waals surface area (Å²) in [5, 5.41) is 9.24. The Balaban J connectivity index is 1.55. The van der Waals surface area contributed by atoms with E-state index in [0.29, 0.717) is 16.3 Å². The zero-order chi connectivity index (χ0) is 22.9. The van der Waals surface area contributed by atoms with Crippen LogP contribution in [-0.2, 0) is 4.79 Å². The van der Waals surface area contributed by atoms with Crippen molar-refractivity contribution in [2.45, 2.75) is 13.0 Å². The molecule has 2 amide bonds. The SMILES string of the molecule is CC(NC(=O)c1cccc(NC(=S)NC(=O)/C=C/c2ccc(Cl)cc2)c1)c1ccccc1. The van der Waals surface area contributed by atoms with Crippen LogP contribution in [0.4, 0.5) is 5.69 Å². The Kier molecular flexibility index (Phi) is 8.14. The number of hydrogen-bond acceptors (Lipinski definition) is 3. The number of anilines is 1. The third kappa shape index (κ3) is 7.04. The van der Waals surface area contributed by atoms with Crippen LogP contribution in [0.5, 0.6) is 0 Å². The van der Waals surface area contributed by atoms with Crippen LogP contribution in [0.1, 0.15) is 34.5 Å². The summed E-state index contributed by atoms with van der Waals surface area (Å²) < 4.78 is 0. The van der Waals surface area contributed by atoms with E-state index < -0.39 is 0 Å². The molecule has 3 N–H and O–H groups in total. The number of thiocarbonyl (C=S) groups is 1. The van der Waals surface area contributed by atoms with Gasteiger partial charge in [-0.2, -0.15) is 0 Å². The molecule has 0 spiro atoms. The van der Waals surface area contributed by atoms with E-state index >= 15 is 0 Å². The average Bonchev–Trinajstić information content (AvgIpc) is 2.79. The van der Waals surface area contributed by atoms with Crippen molar-refractivity contribution >= 4 is 52.5 Å². The second kappa shape index (κ2) is 11.2. The second-order valence-electron chi connectivity index (χ2n) is 7.01. The zero-order valence-electron chi connectivity index (χ0n) is 17.3. The van der Waals surface area contributed by atoms with Crippen LogP contribution in [0.15, 0.2) is 84.9 Å². The molecule has 7 heteroatoms. The van der Waals surface area contributed by atoms with Gasteiger partial charge < -0.3 is 10.6 Å². The number of halogens is 1. The van der Waals surface area contributed by atoms with Crippen molar-refractivity contribution in [1.29, 1.82) is 0 Å². The number of amides is 2. The Morgan fingerprint density at radius 2 is 1.69 bits per heavy atom. The maximum Gasteiger partial charge on any atom is 0.251 e. The largest absolute Gasteiger partial charge is 0.346 e. The monoisotopic (exact) mass is 463 g/mol. The summed E-state index contributed by atoms with van der Waals surface area (Å²) in [5.74, 6) is -0.575. The highest BCUT2D eigenvalue weighted by atomic mass is 35.5. The molecule has 0 saturated heterocycles. The van der Waals surface area contributed by atoms with Crippen molar-refractivity contribution in [2.75, 3.05) is 5.32 Å². The Morgan fingerprint density at radius 1 is 0.969 bits per heavy atom. The van der Waals surface area contributed by atoms with Gasteiger partial charge in [-0.25, -0.2) is 0 Å². The molecule has 1 unspecified atom stereocenters. The van der Waals surface area contributed by atoms with E-state index in [0.717, 1.165) is 11.1 Å². The first-order chi connectivity index (χ1) is 15.4. The van der Waals surface area contributed by atoms with E-state index in [1.54, 1.807) is 54.6 Å². The lowest BCUT2D eigenvalue weighted by atomic mass is 10.1. The molecule has 3 aromatic carbocycles. The van der Waals surface area contributed by atoms with E-state index in [1.807, 2.05) is 37.3 Å². The van der Waals surface area contributed by atoms with Gasteiger partial charge in [0.25, 0.3) is 5.91 Å². The zero-order valence-corrected chi connectivity index (χ0v) is 18.9. The predicted molar refractivity (Wildman–Crippen MR) is 134 cm³/mol. The van der Waals surface area contributed by atoms with Crippen molar-refractivity contribution in [3.8, 4) is 0 Å². The van der Waals surface area contributed by atoms with E-state index in [2.05, 4.69) is 16.0 Å². The summed E-state index contributed by atoms with van der Waals surface area (Å²) in [7, 11) is 0. The van der Waals surface area contributed by atoms with E-state index in [9.17, 15) is 9.59 Å². The van der Waals surface area contributed by atoms with Gasteiger partial charge in [-0.3, -0.25) is 14.9 Å². The standard InChI is InChI=1S/C25H22ClN3O2S/c1-17(19-6-3-2-4-7-19)27-24(31)20-8-5-9-22(16-20)28-25(32)29-23(30)15-12-18-10-13-21(26)14-11-18/h2-17H,1H3,(H,27,31)(H2,28,29,30,32)/b15-12+. The number of carbonyl (C=O) groups excluding carboxylic acids is 2. The summed E-state index contributed by atoms with van der Waals surface area (Å²) in [6.07, 6.45) is 3.04. The quantitative estimate of drug-likeness (QED) is 0.340. The maximum absolute atomic E-state index is 12.6. The van der Waals surface area contributed by atoms with Crippen LogP contribution in [0.2, 0.25) is 5.02 Å². The first-order valence-corrected chi connectivity index (χ1v) is 10.7. The smallest absolute Gasteiger partial charge is 0.251 e. The fourth-order valence-electron chi connectivity index (χ4n) is 2.90. The van der Waals surface area contributed by atoms with Crippen molar-refractivity contribution < 1.29 is 9.59 Å². The minimum atomic E-state index is -0.372. The fraction of sp³-hybridized carbons (Fsp3) is 0.0800. The third-order valence-electron chi connectivity index (χ3n) is 4.56. The van der Waals surface area contributed by atoms with E-state index in [1.165, 1.54) is 6.08 Å². The number of hydrogen-bond donors (Lipinski definition) is 3. The lowest BCUT2D eigenvalue weighted by molar-refractivity contribution is -0.115. The number of carbonyl (C=O) groups is 2. The second-order valence-corrected chi connectivity index (χ2v) is 7.86. The molecule has 3 aromatic rings. The van der Waals surface area contributed by atoms with E-state index in [4.69, 9.17) is 23.8 Å². The summed E-state index contributed by atoms with van der Waals surface area (Å²) >= 11 is 11.1. The molecule has 32 heavy (non-hydrogen) atoms. The molecular formula is C25H22ClN3O2S. The van der Waals surface area contributed by atoms with Gasteiger partial charge in [-0.15, -0.1) is 0 Å². The number of rotatable bonds is 6. The predicted octanol–water partition coefficient (Wildman–Crippen LogP) is 5.36. The van der Waals surface area contributed by atoms with Gasteiger partial charge >= 0.3 is 0 Å². The van der Waals surface area contributed by atoms with Crippen LogP contribution in [0, 0.1) is 0 Å².